The van der Waals surface area contributed by atoms with E-state index >= 15 is 0 Å². The Hall–Kier alpha value is -1.74. The highest BCUT2D eigenvalue weighted by Crippen LogP contribution is 2.27. The molecular formula is C14H12ClN3O3S2. The predicted molar refractivity (Wildman–Crippen MR) is 91.2 cm³/mol. The normalized spacial score (nSPS) is 12.0. The molecule has 0 radical (unpaired) electrons. The number of benzene rings is 1. The van der Waals surface area contributed by atoms with E-state index in [1.54, 1.807) is 31.2 Å². The lowest BCUT2D eigenvalue weighted by atomic mass is 10.3. The molecule has 0 aliphatic rings. The molecule has 0 unspecified atom stereocenters. The molecule has 23 heavy (non-hydrogen) atoms. The molecule has 120 valence electrons. The molecule has 0 saturated carbocycles. The minimum atomic E-state index is -3.62. The third-order valence-electron chi connectivity index (χ3n) is 3.34. The van der Waals surface area contributed by atoms with Gasteiger partial charge < -0.3 is 0 Å². The van der Waals surface area contributed by atoms with E-state index in [0.29, 0.717) is 21.4 Å². The molecule has 1 aromatic carbocycles. The Morgan fingerprint density at radius 3 is 2.65 bits per heavy atom. The topological polar surface area (TPSA) is 81.1 Å². The van der Waals surface area contributed by atoms with Crippen molar-refractivity contribution in [2.24, 2.45) is 0 Å². The van der Waals surface area contributed by atoms with E-state index in [4.69, 9.17) is 11.6 Å². The van der Waals surface area contributed by atoms with Crippen molar-refractivity contribution < 1.29 is 8.42 Å². The van der Waals surface area contributed by atoms with Crippen molar-refractivity contribution in [3.63, 3.8) is 0 Å². The first-order valence-corrected chi connectivity index (χ1v) is 9.24. The quantitative estimate of drug-likeness (QED) is 0.768. The Balaban J connectivity index is 2.35. The van der Waals surface area contributed by atoms with Crippen LogP contribution in [0.4, 0.5) is 0 Å². The van der Waals surface area contributed by atoms with Crippen molar-refractivity contribution in [1.82, 2.24) is 14.3 Å². The summed E-state index contributed by atoms with van der Waals surface area (Å²) >= 11 is 7.12. The van der Waals surface area contributed by atoms with Gasteiger partial charge in [0.25, 0.3) is 5.56 Å². The number of hydrogen-bond acceptors (Lipinski definition) is 5. The van der Waals surface area contributed by atoms with Crippen LogP contribution in [-0.4, -0.2) is 25.0 Å². The highest BCUT2D eigenvalue weighted by molar-refractivity contribution is 7.91. The fraction of sp³-hybridized carbons (Fsp3) is 0.143. The Kier molecular flexibility index (Phi) is 4.01. The van der Waals surface area contributed by atoms with E-state index in [2.05, 4.69) is 9.71 Å². The monoisotopic (exact) mass is 369 g/mol. The van der Waals surface area contributed by atoms with Crippen molar-refractivity contribution in [2.45, 2.75) is 11.1 Å². The molecule has 0 spiro atoms. The van der Waals surface area contributed by atoms with Crippen LogP contribution in [0.3, 0.4) is 0 Å². The molecule has 1 N–H and O–H groups in total. The zero-order valence-corrected chi connectivity index (χ0v) is 14.6. The van der Waals surface area contributed by atoms with Gasteiger partial charge in [-0.2, -0.15) is 0 Å². The number of rotatable bonds is 3. The third-order valence-corrected chi connectivity index (χ3v) is 6.57. The number of para-hydroxylation sites is 1. The summed E-state index contributed by atoms with van der Waals surface area (Å²) in [5.41, 5.74) is 0.157. The molecule has 0 saturated heterocycles. The zero-order valence-electron chi connectivity index (χ0n) is 12.2. The SMILES string of the molecule is CNS(=O)(=O)c1cc2c(=O)n(-c3ccccc3Cl)c(C)nc2s1. The van der Waals surface area contributed by atoms with E-state index in [1.165, 1.54) is 17.7 Å². The van der Waals surface area contributed by atoms with Crippen LogP contribution in [0, 0.1) is 6.92 Å². The fourth-order valence-corrected chi connectivity index (χ4v) is 4.63. The van der Waals surface area contributed by atoms with Crippen LogP contribution in [0.25, 0.3) is 15.9 Å². The Labute approximate surface area is 141 Å². The van der Waals surface area contributed by atoms with Gasteiger partial charge in [0.05, 0.1) is 16.1 Å². The zero-order chi connectivity index (χ0) is 16.8. The standard InChI is InChI=1S/C14H12ClN3O3S2/c1-8-17-13-9(7-12(22-13)23(20,21)16-2)14(19)18(8)11-6-4-3-5-10(11)15/h3-7,16H,1-2H3. The molecule has 2 aromatic heterocycles. The average Bonchev–Trinajstić information content (AvgIpc) is 2.94. The lowest BCUT2D eigenvalue weighted by molar-refractivity contribution is 0.590. The number of aromatic nitrogens is 2. The average molecular weight is 370 g/mol. The van der Waals surface area contributed by atoms with Crippen molar-refractivity contribution in [3.8, 4) is 5.69 Å². The second kappa shape index (κ2) is 5.72. The molecule has 0 aliphatic heterocycles. The van der Waals surface area contributed by atoms with Crippen LogP contribution >= 0.6 is 22.9 Å². The first kappa shape index (κ1) is 16.1. The van der Waals surface area contributed by atoms with Crippen molar-refractivity contribution in [1.29, 1.82) is 0 Å². The second-order valence-corrected chi connectivity index (χ2v) is 8.29. The Morgan fingerprint density at radius 1 is 1.30 bits per heavy atom. The maximum atomic E-state index is 12.8. The van der Waals surface area contributed by atoms with Crippen LogP contribution in [0.5, 0.6) is 0 Å². The Morgan fingerprint density at radius 2 is 2.00 bits per heavy atom. The molecule has 0 bridgehead atoms. The summed E-state index contributed by atoms with van der Waals surface area (Å²) in [6, 6.07) is 8.26. The van der Waals surface area contributed by atoms with Crippen LogP contribution < -0.4 is 10.3 Å². The smallest absolute Gasteiger partial charge is 0.266 e. The van der Waals surface area contributed by atoms with Gasteiger partial charge in [-0.15, -0.1) is 11.3 Å². The molecule has 0 fully saturated rings. The van der Waals surface area contributed by atoms with E-state index in [9.17, 15) is 13.2 Å². The lowest BCUT2D eigenvalue weighted by Crippen LogP contribution is -2.22. The maximum absolute atomic E-state index is 12.8. The van der Waals surface area contributed by atoms with Crippen LogP contribution in [0.1, 0.15) is 5.82 Å². The summed E-state index contributed by atoms with van der Waals surface area (Å²) < 4.78 is 27.5. The molecule has 6 nitrogen and oxygen atoms in total. The van der Waals surface area contributed by atoms with Gasteiger partial charge in [-0.3, -0.25) is 9.36 Å². The molecule has 0 aliphatic carbocycles. The summed E-state index contributed by atoms with van der Waals surface area (Å²) in [6.07, 6.45) is 0. The Bertz CT molecular complexity index is 1070. The summed E-state index contributed by atoms with van der Waals surface area (Å²) in [5.74, 6) is 0.436. The number of hydrogen-bond donors (Lipinski definition) is 1. The number of nitrogens with one attached hydrogen (secondary N) is 1. The number of nitrogens with zero attached hydrogens (tertiary/aromatic N) is 2. The summed E-state index contributed by atoms with van der Waals surface area (Å²) in [6.45, 7) is 1.68. The summed E-state index contributed by atoms with van der Waals surface area (Å²) in [7, 11) is -2.30. The van der Waals surface area contributed by atoms with Gasteiger partial charge in [0.15, 0.2) is 0 Å². The molecular weight excluding hydrogens is 358 g/mol. The van der Waals surface area contributed by atoms with Gasteiger partial charge >= 0.3 is 0 Å². The number of fused-ring (bicyclic) bond motifs is 1. The fourth-order valence-electron chi connectivity index (χ4n) is 2.21. The lowest BCUT2D eigenvalue weighted by Gasteiger charge is -2.10. The molecule has 3 rings (SSSR count). The van der Waals surface area contributed by atoms with Crippen molar-refractivity contribution in [3.05, 3.63) is 51.5 Å². The van der Waals surface area contributed by atoms with Crippen LogP contribution in [0.2, 0.25) is 5.02 Å². The van der Waals surface area contributed by atoms with E-state index in [0.717, 1.165) is 11.3 Å². The van der Waals surface area contributed by atoms with Crippen LogP contribution in [-0.2, 0) is 10.0 Å². The van der Waals surface area contributed by atoms with Gasteiger partial charge in [0.2, 0.25) is 10.0 Å². The first-order valence-electron chi connectivity index (χ1n) is 6.57. The molecule has 9 heteroatoms. The molecule has 3 aromatic rings. The molecule has 2 heterocycles. The second-order valence-electron chi connectivity index (χ2n) is 4.74. The van der Waals surface area contributed by atoms with Gasteiger partial charge in [-0.1, -0.05) is 23.7 Å². The number of sulfonamides is 1. The highest BCUT2D eigenvalue weighted by atomic mass is 35.5. The molecule has 0 amide bonds. The van der Waals surface area contributed by atoms with Crippen molar-refractivity contribution in [2.75, 3.05) is 7.05 Å². The van der Waals surface area contributed by atoms with Gasteiger partial charge in [-0.05, 0) is 32.2 Å². The minimum absolute atomic E-state index is 0.0518. The third kappa shape index (κ3) is 2.67. The largest absolute Gasteiger partial charge is 0.268 e. The predicted octanol–water partition coefficient (Wildman–Crippen LogP) is 2.32. The number of aryl methyl sites for hydroxylation is 1. The van der Waals surface area contributed by atoms with E-state index in [1.807, 2.05) is 0 Å². The van der Waals surface area contributed by atoms with E-state index in [-0.39, 0.29) is 15.2 Å². The number of halogens is 1. The van der Waals surface area contributed by atoms with Gasteiger partial charge in [0.1, 0.15) is 14.9 Å². The van der Waals surface area contributed by atoms with Crippen molar-refractivity contribution >= 4 is 43.2 Å². The maximum Gasteiger partial charge on any atom is 0.266 e. The number of thiophene rings is 1. The van der Waals surface area contributed by atoms with Gasteiger partial charge in [0, 0.05) is 0 Å². The minimum Gasteiger partial charge on any atom is -0.268 e. The molecule has 0 atom stereocenters. The highest BCUT2D eigenvalue weighted by Gasteiger charge is 2.20. The van der Waals surface area contributed by atoms with E-state index < -0.39 is 10.0 Å². The van der Waals surface area contributed by atoms with Gasteiger partial charge in [-0.25, -0.2) is 18.1 Å². The van der Waals surface area contributed by atoms with Crippen LogP contribution in [0.15, 0.2) is 39.3 Å². The summed E-state index contributed by atoms with van der Waals surface area (Å²) in [5, 5.41) is 0.659. The first-order chi connectivity index (χ1) is 10.8. The summed E-state index contributed by atoms with van der Waals surface area (Å²) in [4.78, 5) is 17.5.